The van der Waals surface area contributed by atoms with Crippen LogP contribution in [0.4, 0.5) is 8.78 Å². The van der Waals surface area contributed by atoms with Crippen molar-refractivity contribution >= 4 is 36.4 Å². The van der Waals surface area contributed by atoms with E-state index in [4.69, 9.17) is 11.6 Å². The molecular formula is C15H23Cl3F2N2. The van der Waals surface area contributed by atoms with E-state index >= 15 is 0 Å². The van der Waals surface area contributed by atoms with Crippen LogP contribution < -0.4 is 5.32 Å². The summed E-state index contributed by atoms with van der Waals surface area (Å²) in [6, 6.07) is 2.09. The Bertz CT molecular complexity index is 463. The first-order valence-corrected chi connectivity index (χ1v) is 7.27. The van der Waals surface area contributed by atoms with Crippen LogP contribution in [0.1, 0.15) is 32.4 Å². The summed E-state index contributed by atoms with van der Waals surface area (Å²) in [6.07, 6.45) is 0. The van der Waals surface area contributed by atoms with Gasteiger partial charge in [0.05, 0.1) is 0 Å². The lowest BCUT2D eigenvalue weighted by Crippen LogP contribution is -2.48. The molecule has 1 aromatic carbocycles. The van der Waals surface area contributed by atoms with Gasteiger partial charge in [0, 0.05) is 42.8 Å². The summed E-state index contributed by atoms with van der Waals surface area (Å²) in [5, 5.41) is 3.35. The van der Waals surface area contributed by atoms with Crippen LogP contribution in [0.25, 0.3) is 0 Å². The average molecular weight is 376 g/mol. The Labute approximate surface area is 148 Å². The Kier molecular flexibility index (Phi) is 8.60. The smallest absolute Gasteiger partial charge is 0.132 e. The topological polar surface area (TPSA) is 15.3 Å². The molecule has 0 unspecified atom stereocenters. The molecule has 0 radical (unpaired) electrons. The highest BCUT2D eigenvalue weighted by Gasteiger charge is 2.36. The Morgan fingerprint density at radius 2 is 1.55 bits per heavy atom. The summed E-state index contributed by atoms with van der Waals surface area (Å²) < 4.78 is 28.6. The van der Waals surface area contributed by atoms with Crippen LogP contribution in [0, 0.1) is 17.0 Å². The van der Waals surface area contributed by atoms with E-state index < -0.39 is 11.6 Å². The lowest BCUT2D eigenvalue weighted by atomic mass is 9.80. The van der Waals surface area contributed by atoms with E-state index in [1.54, 1.807) is 0 Å². The molecule has 2 nitrogen and oxygen atoms in total. The molecule has 1 heterocycles. The van der Waals surface area contributed by atoms with E-state index in [-0.39, 0.29) is 46.9 Å². The van der Waals surface area contributed by atoms with Crippen LogP contribution in [0.15, 0.2) is 12.1 Å². The van der Waals surface area contributed by atoms with Gasteiger partial charge in [-0.15, -0.1) is 24.8 Å². The fourth-order valence-electron chi connectivity index (χ4n) is 2.92. The Hall–Kier alpha value is -0.130. The highest BCUT2D eigenvalue weighted by molar-refractivity contribution is 6.30. The van der Waals surface area contributed by atoms with E-state index in [2.05, 4.69) is 10.2 Å². The van der Waals surface area contributed by atoms with E-state index in [0.29, 0.717) is 0 Å². The second-order valence-electron chi connectivity index (χ2n) is 6.34. The van der Waals surface area contributed by atoms with Crippen molar-refractivity contribution in [1.29, 1.82) is 0 Å². The molecule has 7 heteroatoms. The molecule has 0 spiro atoms. The number of nitrogens with zero attached hydrogens (tertiary/aromatic N) is 1. The maximum atomic E-state index is 14.3. The third-order valence-electron chi connectivity index (χ3n) is 3.65. The van der Waals surface area contributed by atoms with Gasteiger partial charge in [-0.3, -0.25) is 4.90 Å². The van der Waals surface area contributed by atoms with Gasteiger partial charge in [0.25, 0.3) is 0 Å². The second kappa shape index (κ2) is 8.65. The zero-order chi connectivity index (χ0) is 14.9. The molecule has 1 fully saturated rings. The standard InChI is InChI=1S/C15H21ClF2N2.2ClH/c1-15(2,3)14(20-6-4-19-5-7-20)13-11(17)8-10(16)9-12(13)18;;/h8-9,14,19H,4-7H2,1-3H3;2*1H/t14-;;/m1../s1. The van der Waals surface area contributed by atoms with Gasteiger partial charge in [0.2, 0.25) is 0 Å². The maximum absolute atomic E-state index is 14.3. The zero-order valence-corrected chi connectivity index (χ0v) is 15.3. The van der Waals surface area contributed by atoms with E-state index in [1.165, 1.54) is 12.1 Å². The molecule has 1 aliphatic heterocycles. The summed E-state index contributed by atoms with van der Waals surface area (Å²) in [5.74, 6) is -1.12. The van der Waals surface area contributed by atoms with E-state index in [9.17, 15) is 8.78 Å². The number of rotatable bonds is 2. The lowest BCUT2D eigenvalue weighted by Gasteiger charge is -2.42. The van der Waals surface area contributed by atoms with Crippen LogP contribution in [-0.2, 0) is 0 Å². The monoisotopic (exact) mass is 374 g/mol. The van der Waals surface area contributed by atoms with Crippen molar-refractivity contribution in [2.45, 2.75) is 26.8 Å². The lowest BCUT2D eigenvalue weighted by molar-refractivity contribution is 0.0804. The van der Waals surface area contributed by atoms with E-state index in [0.717, 1.165) is 26.2 Å². The number of nitrogens with one attached hydrogen (secondary N) is 1. The van der Waals surface area contributed by atoms with Gasteiger partial charge in [-0.25, -0.2) is 8.78 Å². The molecule has 0 aromatic heterocycles. The number of hydrogen-bond acceptors (Lipinski definition) is 2. The quantitative estimate of drug-likeness (QED) is 0.821. The molecular weight excluding hydrogens is 353 g/mol. The van der Waals surface area contributed by atoms with Crippen molar-refractivity contribution in [3.8, 4) is 0 Å². The molecule has 1 N–H and O–H groups in total. The molecule has 128 valence electrons. The largest absolute Gasteiger partial charge is 0.314 e. The molecule has 0 saturated carbocycles. The van der Waals surface area contributed by atoms with Crippen LogP contribution >= 0.6 is 36.4 Å². The van der Waals surface area contributed by atoms with Crippen molar-refractivity contribution in [1.82, 2.24) is 10.2 Å². The number of piperazine rings is 1. The van der Waals surface area contributed by atoms with Crippen molar-refractivity contribution in [3.63, 3.8) is 0 Å². The van der Waals surface area contributed by atoms with Gasteiger partial charge >= 0.3 is 0 Å². The minimum Gasteiger partial charge on any atom is -0.314 e. The third kappa shape index (κ3) is 4.93. The fourth-order valence-corrected chi connectivity index (χ4v) is 3.11. The highest BCUT2D eigenvalue weighted by atomic mass is 35.5. The molecule has 0 bridgehead atoms. The molecule has 0 aliphatic carbocycles. The highest BCUT2D eigenvalue weighted by Crippen LogP contribution is 2.41. The first-order valence-electron chi connectivity index (χ1n) is 6.90. The minimum absolute atomic E-state index is 0. The van der Waals surface area contributed by atoms with Gasteiger partial charge in [-0.1, -0.05) is 32.4 Å². The summed E-state index contributed by atoms with van der Waals surface area (Å²) in [6.45, 7) is 9.26. The first kappa shape index (κ1) is 21.9. The molecule has 2 rings (SSSR count). The van der Waals surface area contributed by atoms with Crippen molar-refractivity contribution in [2.24, 2.45) is 5.41 Å². The molecule has 0 amide bonds. The summed E-state index contributed by atoms with van der Waals surface area (Å²) in [4.78, 5) is 2.14. The van der Waals surface area contributed by atoms with Crippen LogP contribution in [0.5, 0.6) is 0 Å². The summed E-state index contributed by atoms with van der Waals surface area (Å²) in [7, 11) is 0. The molecule has 1 saturated heterocycles. The van der Waals surface area contributed by atoms with Gasteiger partial charge < -0.3 is 5.32 Å². The second-order valence-corrected chi connectivity index (χ2v) is 6.77. The van der Waals surface area contributed by atoms with Crippen LogP contribution in [-0.4, -0.2) is 31.1 Å². The first-order chi connectivity index (χ1) is 9.30. The van der Waals surface area contributed by atoms with Crippen molar-refractivity contribution in [2.75, 3.05) is 26.2 Å². The van der Waals surface area contributed by atoms with E-state index in [1.807, 2.05) is 20.8 Å². The molecule has 1 aromatic rings. The predicted octanol–water partition coefficient (Wildman–Crippen LogP) is 4.45. The summed E-state index contributed by atoms with van der Waals surface area (Å²) >= 11 is 5.72. The predicted molar refractivity (Wildman–Crippen MR) is 92.5 cm³/mol. The van der Waals surface area contributed by atoms with Crippen molar-refractivity contribution in [3.05, 3.63) is 34.4 Å². The zero-order valence-electron chi connectivity index (χ0n) is 13.0. The normalized spacial score (nSPS) is 17.4. The maximum Gasteiger partial charge on any atom is 0.132 e. The van der Waals surface area contributed by atoms with Crippen molar-refractivity contribution < 1.29 is 8.78 Å². The Balaban J connectivity index is 0.00000220. The van der Waals surface area contributed by atoms with Gasteiger partial charge in [0.1, 0.15) is 11.6 Å². The Morgan fingerprint density at radius 3 is 1.95 bits per heavy atom. The number of benzene rings is 1. The van der Waals surface area contributed by atoms with Crippen LogP contribution in [0.3, 0.4) is 0 Å². The fraction of sp³-hybridized carbons (Fsp3) is 0.600. The number of hydrogen-bond donors (Lipinski definition) is 1. The Morgan fingerprint density at radius 1 is 1.09 bits per heavy atom. The number of halogens is 5. The van der Waals surface area contributed by atoms with Gasteiger partial charge in [0.15, 0.2) is 0 Å². The van der Waals surface area contributed by atoms with Gasteiger partial charge in [-0.05, 0) is 17.5 Å². The molecule has 1 atom stereocenters. The summed E-state index contributed by atoms with van der Waals surface area (Å²) in [5.41, 5.74) is -0.142. The molecule has 1 aliphatic rings. The SMILES string of the molecule is CC(C)(C)[C@@H](c1c(F)cc(Cl)cc1F)N1CCNCC1.Cl.Cl. The van der Waals surface area contributed by atoms with Crippen LogP contribution in [0.2, 0.25) is 5.02 Å². The molecule has 22 heavy (non-hydrogen) atoms. The van der Waals surface area contributed by atoms with Gasteiger partial charge in [-0.2, -0.15) is 0 Å². The third-order valence-corrected chi connectivity index (χ3v) is 3.87. The average Bonchev–Trinajstić information content (AvgIpc) is 2.33. The minimum atomic E-state index is -0.562.